The summed E-state index contributed by atoms with van der Waals surface area (Å²) in [6, 6.07) is 0.370. The van der Waals surface area contributed by atoms with E-state index in [4.69, 9.17) is 0 Å². The van der Waals surface area contributed by atoms with E-state index in [0.717, 1.165) is 68.0 Å². The quantitative estimate of drug-likeness (QED) is 0.125. The zero-order chi connectivity index (χ0) is 26.7. The number of aliphatic hydroxyl groups excluding tert-OH is 4. The van der Waals surface area contributed by atoms with Crippen molar-refractivity contribution in [3.8, 4) is 0 Å². The molecule has 7 nitrogen and oxygen atoms in total. The Morgan fingerprint density at radius 2 is 1.18 bits per heavy atom. The molecule has 4 saturated carbocycles. The van der Waals surface area contributed by atoms with Crippen LogP contribution >= 0.6 is 0 Å². The minimum Gasteiger partial charge on any atom is -0.395 e. The van der Waals surface area contributed by atoms with Crippen molar-refractivity contribution in [2.24, 2.45) is 35.5 Å². The van der Waals surface area contributed by atoms with Crippen LogP contribution in [0, 0.1) is 35.5 Å². The molecule has 7 unspecified atom stereocenters. The first-order valence-corrected chi connectivity index (χ1v) is 16.3. The predicted octanol–water partition coefficient (Wildman–Crippen LogP) is 2.76. The number of hydrogen-bond acceptors (Lipinski definition) is 7. The summed E-state index contributed by atoms with van der Waals surface area (Å²) in [6.07, 6.45) is 18.7. The number of aliphatic hydroxyl groups is 4. The smallest absolute Gasteiger partial charge is 0.0897 e. The van der Waals surface area contributed by atoms with E-state index >= 15 is 0 Å². The van der Waals surface area contributed by atoms with Crippen molar-refractivity contribution in [2.75, 3.05) is 52.5 Å². The number of hydrogen-bond donors (Lipinski definition) is 6. The molecule has 0 aromatic heterocycles. The van der Waals surface area contributed by atoms with Gasteiger partial charge in [0.25, 0.3) is 0 Å². The fraction of sp³-hybridized carbons (Fsp3) is 1.00. The lowest BCUT2D eigenvalue weighted by atomic mass is 9.82. The maximum atomic E-state index is 10.0. The Morgan fingerprint density at radius 3 is 1.61 bits per heavy atom. The average Bonchev–Trinajstić information content (AvgIpc) is 3.74. The normalized spacial score (nSPS) is 31.7. The molecule has 0 aliphatic heterocycles. The van der Waals surface area contributed by atoms with E-state index in [1.165, 1.54) is 77.0 Å². The molecule has 4 rings (SSSR count). The molecule has 7 heteroatoms. The first-order chi connectivity index (χ1) is 18.6. The van der Waals surface area contributed by atoms with Crippen LogP contribution in [0.3, 0.4) is 0 Å². The van der Waals surface area contributed by atoms with E-state index in [2.05, 4.69) is 15.5 Å². The van der Waals surface area contributed by atoms with E-state index in [1.807, 2.05) is 0 Å². The molecule has 4 aliphatic carbocycles. The third-order valence-corrected chi connectivity index (χ3v) is 10.8. The Morgan fingerprint density at radius 1 is 0.658 bits per heavy atom. The van der Waals surface area contributed by atoms with Gasteiger partial charge >= 0.3 is 0 Å². The Hall–Kier alpha value is -0.280. The lowest BCUT2D eigenvalue weighted by Crippen LogP contribution is -2.40. The summed E-state index contributed by atoms with van der Waals surface area (Å²) >= 11 is 0. The molecule has 0 saturated heterocycles. The highest BCUT2D eigenvalue weighted by Gasteiger charge is 2.40. The van der Waals surface area contributed by atoms with Crippen molar-refractivity contribution < 1.29 is 20.4 Å². The monoisotopic (exact) mass is 537 g/mol. The molecule has 0 spiro atoms. The summed E-state index contributed by atoms with van der Waals surface area (Å²) < 4.78 is 0. The number of fused-ring (bicyclic) bond motifs is 4. The van der Waals surface area contributed by atoms with Crippen molar-refractivity contribution >= 4 is 0 Å². The second-order valence-corrected chi connectivity index (χ2v) is 13.5. The van der Waals surface area contributed by atoms with Crippen LogP contribution in [0.1, 0.15) is 89.9 Å². The molecule has 0 amide bonds. The first kappa shape index (κ1) is 30.7. The van der Waals surface area contributed by atoms with Gasteiger partial charge in [-0.3, -0.25) is 0 Å². The third-order valence-electron chi connectivity index (χ3n) is 10.8. The Balaban J connectivity index is 1.18. The van der Waals surface area contributed by atoms with Gasteiger partial charge in [0.05, 0.1) is 32.0 Å². The lowest BCUT2D eigenvalue weighted by molar-refractivity contribution is 0.0581. The van der Waals surface area contributed by atoms with Crippen LogP contribution in [0.15, 0.2) is 0 Å². The molecule has 7 atom stereocenters. The molecule has 0 radical (unpaired) electrons. The zero-order valence-corrected chi connectivity index (χ0v) is 24.0. The third kappa shape index (κ3) is 9.39. The lowest BCUT2D eigenvalue weighted by Gasteiger charge is -2.28. The topological polar surface area (TPSA) is 108 Å². The fourth-order valence-electron chi connectivity index (χ4n) is 8.69. The second-order valence-electron chi connectivity index (χ2n) is 13.5. The fourth-order valence-corrected chi connectivity index (χ4v) is 8.69. The number of nitrogens with zero attached hydrogens (tertiary/aromatic N) is 1. The Bertz CT molecular complexity index is 619. The highest BCUT2D eigenvalue weighted by atomic mass is 16.3. The van der Waals surface area contributed by atoms with E-state index in [1.54, 1.807) is 0 Å². The highest BCUT2D eigenvalue weighted by Crippen LogP contribution is 2.51. The molecule has 222 valence electrons. The van der Waals surface area contributed by atoms with Gasteiger partial charge in [-0.05, 0) is 139 Å². The van der Waals surface area contributed by atoms with Gasteiger partial charge in [-0.15, -0.1) is 0 Å². The van der Waals surface area contributed by atoms with Crippen LogP contribution in [0.4, 0.5) is 0 Å². The van der Waals surface area contributed by atoms with Crippen molar-refractivity contribution in [3.63, 3.8) is 0 Å². The molecule has 4 fully saturated rings. The summed E-state index contributed by atoms with van der Waals surface area (Å²) in [6.45, 7) is 3.59. The summed E-state index contributed by atoms with van der Waals surface area (Å²) in [5.74, 6) is 6.11. The molecule has 0 heterocycles. The standard InChI is InChI=1S/C31H59N3O4/c35-20-30(21-36)33-12-2-14-34(19-31(38)22-37)13-1-11-32-29(9-7-27-17-23-3-5-25(27)15-23)10-8-28-18-24-4-6-26(28)16-24/h23-33,35-38H,1-22H2. The van der Waals surface area contributed by atoms with E-state index in [-0.39, 0.29) is 25.9 Å². The molecular weight excluding hydrogens is 478 g/mol. The van der Waals surface area contributed by atoms with Crippen LogP contribution in [0.5, 0.6) is 0 Å². The summed E-state index contributed by atoms with van der Waals surface area (Å²) in [5, 5.41) is 45.0. The molecule has 4 bridgehead atoms. The summed E-state index contributed by atoms with van der Waals surface area (Å²) in [4.78, 5) is 2.25. The molecule has 6 N–H and O–H groups in total. The molecule has 0 aromatic rings. The number of rotatable bonds is 21. The van der Waals surface area contributed by atoms with Crippen LogP contribution in [-0.2, 0) is 0 Å². The van der Waals surface area contributed by atoms with E-state index in [0.29, 0.717) is 19.1 Å². The largest absolute Gasteiger partial charge is 0.395 e. The SMILES string of the molecule is OCC(O)CN(CCCNC(CO)CO)CCCNC(CCC1CC2CCC1C2)CCC1CC2CCC1C2. The summed E-state index contributed by atoms with van der Waals surface area (Å²) in [7, 11) is 0. The van der Waals surface area contributed by atoms with Crippen LogP contribution < -0.4 is 10.6 Å². The highest BCUT2D eigenvalue weighted by molar-refractivity contribution is 4.92. The minimum absolute atomic E-state index is 0.0692. The van der Waals surface area contributed by atoms with Crippen molar-refractivity contribution in [1.82, 2.24) is 15.5 Å². The van der Waals surface area contributed by atoms with E-state index < -0.39 is 6.10 Å². The van der Waals surface area contributed by atoms with Crippen LogP contribution in [0.2, 0.25) is 0 Å². The second kappa shape index (κ2) is 16.2. The van der Waals surface area contributed by atoms with Crippen molar-refractivity contribution in [3.05, 3.63) is 0 Å². The van der Waals surface area contributed by atoms with Crippen LogP contribution in [0.25, 0.3) is 0 Å². The van der Waals surface area contributed by atoms with Crippen LogP contribution in [-0.4, -0.2) is 96.1 Å². The van der Waals surface area contributed by atoms with Gasteiger partial charge in [-0.25, -0.2) is 0 Å². The first-order valence-electron chi connectivity index (χ1n) is 16.3. The van der Waals surface area contributed by atoms with E-state index in [9.17, 15) is 20.4 Å². The van der Waals surface area contributed by atoms with Gasteiger partial charge < -0.3 is 36.0 Å². The van der Waals surface area contributed by atoms with Gasteiger partial charge in [0.1, 0.15) is 0 Å². The summed E-state index contributed by atoms with van der Waals surface area (Å²) in [5.41, 5.74) is 0. The maximum Gasteiger partial charge on any atom is 0.0897 e. The van der Waals surface area contributed by atoms with Gasteiger partial charge in [-0.1, -0.05) is 12.8 Å². The maximum absolute atomic E-state index is 10.0. The minimum atomic E-state index is -0.713. The molecule has 4 aliphatic rings. The number of nitrogens with one attached hydrogen (secondary N) is 2. The Labute approximate surface area is 232 Å². The van der Waals surface area contributed by atoms with Crippen molar-refractivity contribution in [2.45, 2.75) is 108 Å². The average molecular weight is 538 g/mol. The van der Waals surface area contributed by atoms with Gasteiger partial charge in [-0.2, -0.15) is 0 Å². The predicted molar refractivity (Wildman–Crippen MR) is 153 cm³/mol. The van der Waals surface area contributed by atoms with Crippen molar-refractivity contribution in [1.29, 1.82) is 0 Å². The molecule has 0 aromatic carbocycles. The molecular formula is C31H59N3O4. The Kier molecular flexibility index (Phi) is 13.1. The van der Waals surface area contributed by atoms with Gasteiger partial charge in [0.15, 0.2) is 0 Å². The molecule has 38 heavy (non-hydrogen) atoms. The van der Waals surface area contributed by atoms with Gasteiger partial charge in [0.2, 0.25) is 0 Å². The van der Waals surface area contributed by atoms with Gasteiger partial charge in [0, 0.05) is 12.6 Å². The zero-order valence-electron chi connectivity index (χ0n) is 24.0.